The Morgan fingerprint density at radius 1 is 1.11 bits per heavy atom. The number of anilines is 2. The lowest BCUT2D eigenvalue weighted by molar-refractivity contribution is -0.383. The Balaban J connectivity index is 1.45. The second-order valence-corrected chi connectivity index (χ2v) is 8.23. The van der Waals surface area contributed by atoms with E-state index in [1.54, 1.807) is 6.92 Å². The molecule has 1 aliphatic rings. The number of aromatic nitrogens is 2. The summed E-state index contributed by atoms with van der Waals surface area (Å²) in [6, 6.07) is 7.56. The Morgan fingerprint density at radius 3 is 2.51 bits per heavy atom. The molecule has 1 aromatic heterocycles. The van der Waals surface area contributed by atoms with Crippen LogP contribution in [-0.2, 0) is 9.53 Å². The van der Waals surface area contributed by atoms with Crippen LogP contribution in [0.2, 0.25) is 0 Å². The number of imide groups is 1. The van der Waals surface area contributed by atoms with E-state index in [9.17, 15) is 29.3 Å². The van der Waals surface area contributed by atoms with Gasteiger partial charge in [0.2, 0.25) is 5.13 Å². The van der Waals surface area contributed by atoms with Gasteiger partial charge in [-0.15, -0.1) is 10.2 Å². The molecule has 0 saturated carbocycles. The van der Waals surface area contributed by atoms with Crippen LogP contribution >= 0.6 is 11.3 Å². The Bertz CT molecular complexity index is 1400. The fourth-order valence-electron chi connectivity index (χ4n) is 3.22. The monoisotopic (exact) mass is 497 g/mol. The summed E-state index contributed by atoms with van der Waals surface area (Å²) in [7, 11) is 1.36. The van der Waals surface area contributed by atoms with Crippen molar-refractivity contribution in [1.29, 1.82) is 0 Å². The summed E-state index contributed by atoms with van der Waals surface area (Å²) < 4.78 is 9.97. The number of carbonyl (C=O) groups is 4. The third-order valence-corrected chi connectivity index (χ3v) is 5.66. The molecule has 1 N–H and O–H groups in total. The van der Waals surface area contributed by atoms with Crippen molar-refractivity contribution in [2.24, 2.45) is 0 Å². The van der Waals surface area contributed by atoms with Gasteiger partial charge in [-0.25, -0.2) is 9.69 Å². The first-order valence-corrected chi connectivity index (χ1v) is 10.6. The molecule has 0 spiro atoms. The van der Waals surface area contributed by atoms with Crippen molar-refractivity contribution >= 4 is 51.5 Å². The summed E-state index contributed by atoms with van der Waals surface area (Å²) in [6.07, 6.45) is 0. The summed E-state index contributed by atoms with van der Waals surface area (Å²) in [6.45, 7) is 0.920. The molecule has 0 fully saturated rings. The second-order valence-electron chi connectivity index (χ2n) is 7.07. The molecule has 2 heterocycles. The predicted molar refractivity (Wildman–Crippen MR) is 121 cm³/mol. The van der Waals surface area contributed by atoms with Crippen LogP contribution in [0.4, 0.5) is 16.5 Å². The molecule has 2 aromatic carbocycles. The van der Waals surface area contributed by atoms with Gasteiger partial charge in [0.05, 0.1) is 28.7 Å². The minimum absolute atomic E-state index is 0.0197. The number of nitro benzene ring substituents is 1. The number of amides is 3. The van der Waals surface area contributed by atoms with Crippen LogP contribution in [0.3, 0.4) is 0 Å². The second kappa shape index (κ2) is 9.26. The molecule has 0 atom stereocenters. The van der Waals surface area contributed by atoms with E-state index in [4.69, 9.17) is 9.47 Å². The highest BCUT2D eigenvalue weighted by Crippen LogP contribution is 2.31. The number of ether oxygens (including phenoxy) is 2. The van der Waals surface area contributed by atoms with E-state index in [2.05, 4.69) is 15.5 Å². The summed E-state index contributed by atoms with van der Waals surface area (Å²) in [5.74, 6) is -2.76. The first-order chi connectivity index (χ1) is 16.7. The van der Waals surface area contributed by atoms with Crippen LogP contribution in [0.15, 0.2) is 36.4 Å². The number of fused-ring (bicyclic) bond motifs is 1. The smallest absolute Gasteiger partial charge is 0.338 e. The van der Waals surface area contributed by atoms with Crippen LogP contribution in [0.5, 0.6) is 5.75 Å². The fraction of sp³-hybridized carbons (Fsp3) is 0.143. The number of hydrogen-bond acceptors (Lipinski definition) is 11. The number of rotatable bonds is 7. The van der Waals surface area contributed by atoms with Gasteiger partial charge in [-0.1, -0.05) is 11.3 Å². The molecule has 35 heavy (non-hydrogen) atoms. The van der Waals surface area contributed by atoms with Crippen LogP contribution in [0, 0.1) is 17.0 Å². The lowest BCUT2D eigenvalue weighted by Gasteiger charge is -2.09. The number of hydrogen-bond donors (Lipinski definition) is 1. The van der Waals surface area contributed by atoms with Crippen LogP contribution in [-0.4, -0.2) is 52.5 Å². The van der Waals surface area contributed by atoms with Gasteiger partial charge in [0.15, 0.2) is 6.61 Å². The zero-order valence-electron chi connectivity index (χ0n) is 18.1. The molecule has 0 aliphatic carbocycles. The number of nitro groups is 1. The highest BCUT2D eigenvalue weighted by atomic mass is 32.1. The Kier molecular flexibility index (Phi) is 6.20. The maximum absolute atomic E-state index is 12.8. The van der Waals surface area contributed by atoms with Crippen LogP contribution in [0.1, 0.15) is 36.1 Å². The molecule has 0 saturated heterocycles. The van der Waals surface area contributed by atoms with Crippen LogP contribution in [0.25, 0.3) is 0 Å². The average molecular weight is 497 g/mol. The quantitative estimate of drug-likeness (QED) is 0.221. The molecule has 178 valence electrons. The van der Waals surface area contributed by atoms with Gasteiger partial charge in [-0.3, -0.25) is 24.5 Å². The third kappa shape index (κ3) is 4.54. The van der Waals surface area contributed by atoms with E-state index < -0.39 is 35.2 Å². The van der Waals surface area contributed by atoms with Crippen molar-refractivity contribution in [3.8, 4) is 5.75 Å². The van der Waals surface area contributed by atoms with E-state index in [-0.39, 0.29) is 38.9 Å². The molecule has 3 aromatic rings. The number of benzene rings is 2. The Hall–Kier alpha value is -4.72. The number of esters is 1. The van der Waals surface area contributed by atoms with Gasteiger partial charge >= 0.3 is 5.97 Å². The van der Waals surface area contributed by atoms with E-state index >= 15 is 0 Å². The number of nitrogens with one attached hydrogen (secondary N) is 1. The van der Waals surface area contributed by atoms with E-state index in [1.807, 2.05) is 0 Å². The highest BCUT2D eigenvalue weighted by molar-refractivity contribution is 7.15. The molecule has 14 heteroatoms. The maximum Gasteiger partial charge on any atom is 0.338 e. The maximum atomic E-state index is 12.8. The molecule has 0 bridgehead atoms. The standard InChI is InChI=1S/C21H15N5O8S/c1-10-23-24-21(35-10)25-18(28)13-5-3-11(7-14(13)19(25)29)20(30)34-9-17(27)22-15-8-12(33-2)4-6-16(15)26(31)32/h3-8H,9H2,1-2H3,(H,22,27). The zero-order chi connectivity index (χ0) is 25.3. The Morgan fingerprint density at radius 2 is 1.86 bits per heavy atom. The summed E-state index contributed by atoms with van der Waals surface area (Å²) in [4.78, 5) is 61.5. The van der Waals surface area contributed by atoms with E-state index in [0.29, 0.717) is 5.01 Å². The van der Waals surface area contributed by atoms with E-state index in [0.717, 1.165) is 22.3 Å². The molecular formula is C21H15N5O8S. The average Bonchev–Trinajstić information content (AvgIpc) is 3.37. The molecule has 13 nitrogen and oxygen atoms in total. The number of methoxy groups -OCH3 is 1. The molecule has 3 amide bonds. The highest BCUT2D eigenvalue weighted by Gasteiger charge is 2.39. The molecule has 0 unspecified atom stereocenters. The normalized spacial score (nSPS) is 12.3. The van der Waals surface area contributed by atoms with Crippen molar-refractivity contribution in [2.75, 3.05) is 23.9 Å². The SMILES string of the molecule is COc1ccc([N+](=O)[O-])c(NC(=O)COC(=O)c2ccc3c(c2)C(=O)N(c2nnc(C)s2)C3=O)c1. The third-order valence-electron chi connectivity index (χ3n) is 4.84. The molecule has 1 aliphatic heterocycles. The Labute approximate surface area is 200 Å². The summed E-state index contributed by atoms with van der Waals surface area (Å²) in [5.41, 5.74) is -0.511. The largest absolute Gasteiger partial charge is 0.497 e. The van der Waals surface area contributed by atoms with Gasteiger partial charge in [-0.05, 0) is 31.2 Å². The van der Waals surface area contributed by atoms with Gasteiger partial charge in [-0.2, -0.15) is 0 Å². The minimum Gasteiger partial charge on any atom is -0.497 e. The zero-order valence-corrected chi connectivity index (χ0v) is 19.0. The number of aryl methyl sites for hydroxylation is 1. The van der Waals surface area contributed by atoms with Crippen molar-refractivity contribution in [1.82, 2.24) is 10.2 Å². The molecule has 4 rings (SSSR count). The number of carbonyl (C=O) groups excluding carboxylic acids is 4. The lowest BCUT2D eigenvalue weighted by atomic mass is 10.1. The van der Waals surface area contributed by atoms with Crippen molar-refractivity contribution in [3.05, 3.63) is 68.2 Å². The predicted octanol–water partition coefficient (Wildman–Crippen LogP) is 2.36. The molecule has 0 radical (unpaired) electrons. The summed E-state index contributed by atoms with van der Waals surface area (Å²) >= 11 is 1.07. The fourth-order valence-corrected chi connectivity index (χ4v) is 3.90. The van der Waals surface area contributed by atoms with Crippen LogP contribution < -0.4 is 15.0 Å². The topological polar surface area (TPSA) is 171 Å². The van der Waals surface area contributed by atoms with Crippen molar-refractivity contribution in [3.63, 3.8) is 0 Å². The van der Waals surface area contributed by atoms with Crippen molar-refractivity contribution in [2.45, 2.75) is 6.92 Å². The van der Waals surface area contributed by atoms with Gasteiger partial charge < -0.3 is 14.8 Å². The lowest BCUT2D eigenvalue weighted by Crippen LogP contribution is -2.29. The van der Waals surface area contributed by atoms with Gasteiger partial charge in [0.1, 0.15) is 16.4 Å². The van der Waals surface area contributed by atoms with Crippen molar-refractivity contribution < 1.29 is 33.6 Å². The van der Waals surface area contributed by atoms with Gasteiger partial charge in [0.25, 0.3) is 23.4 Å². The first-order valence-electron chi connectivity index (χ1n) is 9.82. The van der Waals surface area contributed by atoms with Gasteiger partial charge in [0, 0.05) is 12.1 Å². The molecular weight excluding hydrogens is 482 g/mol. The van der Waals surface area contributed by atoms with E-state index in [1.165, 1.54) is 37.4 Å². The summed E-state index contributed by atoms with van der Waals surface area (Å²) in [5, 5.41) is 21.8. The minimum atomic E-state index is -0.937. The first kappa shape index (κ1) is 23.4. The number of nitrogens with zero attached hydrogens (tertiary/aromatic N) is 4.